The molecule has 0 spiro atoms. The van der Waals surface area contributed by atoms with E-state index in [1.807, 2.05) is 13.8 Å². The summed E-state index contributed by atoms with van der Waals surface area (Å²) in [6, 6.07) is 0. The van der Waals surface area contributed by atoms with Gasteiger partial charge in [0.2, 0.25) is 11.8 Å². The Balaban J connectivity index is 3.78. The van der Waals surface area contributed by atoms with Crippen LogP contribution in [-0.2, 0) is 9.59 Å². The Hall–Kier alpha value is -1.06. The maximum absolute atomic E-state index is 11.3. The largest absolute Gasteiger partial charge is 0.356 e. The molecular weight excluding hydrogens is 192 g/mol. The average Bonchev–Trinajstić information content (AvgIpc) is 2.20. The molecule has 2 amide bonds. The number of nitrogens with zero attached hydrogens (tertiary/aromatic N) is 1. The van der Waals surface area contributed by atoms with Gasteiger partial charge in [-0.05, 0) is 12.8 Å². The van der Waals surface area contributed by atoms with E-state index in [0.717, 1.165) is 19.4 Å². The Labute approximate surface area is 92.0 Å². The topological polar surface area (TPSA) is 49.4 Å². The van der Waals surface area contributed by atoms with E-state index < -0.39 is 0 Å². The second-order valence-corrected chi connectivity index (χ2v) is 3.61. The lowest BCUT2D eigenvalue weighted by Crippen LogP contribution is -2.34. The molecule has 0 atom stereocenters. The van der Waals surface area contributed by atoms with E-state index in [1.54, 1.807) is 11.8 Å². The second-order valence-electron chi connectivity index (χ2n) is 3.61. The van der Waals surface area contributed by atoms with Crippen LogP contribution in [-0.4, -0.2) is 36.3 Å². The van der Waals surface area contributed by atoms with Gasteiger partial charge < -0.3 is 10.2 Å². The first kappa shape index (κ1) is 13.9. The molecule has 0 aromatic rings. The standard InChI is InChI=1S/C11H22N2O2/c1-4-7-12-11(15)6-9-13(8-5-2)10(3)14/h4-9H2,1-3H3,(H,12,15). The summed E-state index contributed by atoms with van der Waals surface area (Å²) in [5.74, 6) is 0.0688. The van der Waals surface area contributed by atoms with Crippen molar-refractivity contribution < 1.29 is 9.59 Å². The van der Waals surface area contributed by atoms with Crippen molar-refractivity contribution in [2.45, 2.75) is 40.0 Å². The number of carbonyl (C=O) groups is 2. The highest BCUT2D eigenvalue weighted by Crippen LogP contribution is 1.95. The number of rotatable bonds is 7. The highest BCUT2D eigenvalue weighted by Gasteiger charge is 2.09. The van der Waals surface area contributed by atoms with Crippen LogP contribution in [0.1, 0.15) is 40.0 Å². The van der Waals surface area contributed by atoms with Gasteiger partial charge in [-0.15, -0.1) is 0 Å². The van der Waals surface area contributed by atoms with Crippen LogP contribution in [0.25, 0.3) is 0 Å². The molecule has 0 fully saturated rings. The first-order valence-electron chi connectivity index (χ1n) is 5.64. The van der Waals surface area contributed by atoms with Crippen LogP contribution in [0.5, 0.6) is 0 Å². The summed E-state index contributed by atoms with van der Waals surface area (Å²) >= 11 is 0. The van der Waals surface area contributed by atoms with Gasteiger partial charge in [-0.1, -0.05) is 13.8 Å². The molecule has 0 aromatic carbocycles. The first-order chi connectivity index (χ1) is 7.11. The van der Waals surface area contributed by atoms with Gasteiger partial charge in [0.1, 0.15) is 0 Å². The SMILES string of the molecule is CCCNC(=O)CCN(CCC)C(C)=O. The van der Waals surface area contributed by atoms with E-state index in [4.69, 9.17) is 0 Å². The Morgan fingerprint density at radius 3 is 2.27 bits per heavy atom. The summed E-state index contributed by atoms with van der Waals surface area (Å²) in [6.45, 7) is 7.55. The Kier molecular flexibility index (Phi) is 7.68. The second kappa shape index (κ2) is 8.26. The van der Waals surface area contributed by atoms with Gasteiger partial charge in [0.25, 0.3) is 0 Å². The van der Waals surface area contributed by atoms with Gasteiger partial charge in [0, 0.05) is 33.0 Å². The number of nitrogens with one attached hydrogen (secondary N) is 1. The molecule has 0 heterocycles. The van der Waals surface area contributed by atoms with E-state index in [-0.39, 0.29) is 11.8 Å². The lowest BCUT2D eigenvalue weighted by Gasteiger charge is -2.19. The van der Waals surface area contributed by atoms with Crippen molar-refractivity contribution in [1.29, 1.82) is 0 Å². The zero-order chi connectivity index (χ0) is 11.7. The van der Waals surface area contributed by atoms with Crippen molar-refractivity contribution in [2.75, 3.05) is 19.6 Å². The Bertz CT molecular complexity index is 205. The van der Waals surface area contributed by atoms with Crippen molar-refractivity contribution in [2.24, 2.45) is 0 Å². The fourth-order valence-corrected chi connectivity index (χ4v) is 1.29. The predicted molar refractivity (Wildman–Crippen MR) is 60.5 cm³/mol. The monoisotopic (exact) mass is 214 g/mol. The van der Waals surface area contributed by atoms with E-state index in [1.165, 1.54) is 0 Å². The van der Waals surface area contributed by atoms with Crippen molar-refractivity contribution in [3.05, 3.63) is 0 Å². The van der Waals surface area contributed by atoms with Crippen LogP contribution >= 0.6 is 0 Å². The summed E-state index contributed by atoms with van der Waals surface area (Å²) in [7, 11) is 0. The molecule has 0 bridgehead atoms. The van der Waals surface area contributed by atoms with Gasteiger partial charge in [0.15, 0.2) is 0 Å². The number of amides is 2. The van der Waals surface area contributed by atoms with E-state index >= 15 is 0 Å². The number of hydrogen-bond acceptors (Lipinski definition) is 2. The molecule has 0 aliphatic heterocycles. The summed E-state index contributed by atoms with van der Waals surface area (Å²) in [4.78, 5) is 24.2. The molecule has 0 saturated heterocycles. The lowest BCUT2D eigenvalue weighted by molar-refractivity contribution is -0.129. The highest BCUT2D eigenvalue weighted by molar-refractivity contribution is 5.77. The van der Waals surface area contributed by atoms with E-state index in [9.17, 15) is 9.59 Å². The van der Waals surface area contributed by atoms with Crippen molar-refractivity contribution >= 4 is 11.8 Å². The first-order valence-corrected chi connectivity index (χ1v) is 5.64. The van der Waals surface area contributed by atoms with Crippen molar-refractivity contribution in [3.8, 4) is 0 Å². The Morgan fingerprint density at radius 1 is 1.13 bits per heavy atom. The fourth-order valence-electron chi connectivity index (χ4n) is 1.29. The van der Waals surface area contributed by atoms with E-state index in [0.29, 0.717) is 19.5 Å². The van der Waals surface area contributed by atoms with Gasteiger partial charge in [-0.3, -0.25) is 9.59 Å². The van der Waals surface area contributed by atoms with Crippen molar-refractivity contribution in [3.63, 3.8) is 0 Å². The zero-order valence-electron chi connectivity index (χ0n) is 10.0. The molecule has 4 nitrogen and oxygen atoms in total. The molecule has 0 rings (SSSR count). The van der Waals surface area contributed by atoms with Crippen LogP contribution in [0.3, 0.4) is 0 Å². The van der Waals surface area contributed by atoms with Gasteiger partial charge in [0.05, 0.1) is 0 Å². The molecule has 15 heavy (non-hydrogen) atoms. The third-order valence-corrected chi connectivity index (χ3v) is 2.12. The summed E-state index contributed by atoms with van der Waals surface area (Å²) in [6.07, 6.45) is 2.27. The maximum atomic E-state index is 11.3. The summed E-state index contributed by atoms with van der Waals surface area (Å²) < 4.78 is 0. The Morgan fingerprint density at radius 2 is 1.80 bits per heavy atom. The molecule has 4 heteroatoms. The van der Waals surface area contributed by atoms with Gasteiger partial charge in [-0.2, -0.15) is 0 Å². The minimum Gasteiger partial charge on any atom is -0.356 e. The van der Waals surface area contributed by atoms with Crippen molar-refractivity contribution in [1.82, 2.24) is 10.2 Å². The minimum absolute atomic E-state index is 0.0270. The molecule has 88 valence electrons. The normalized spacial score (nSPS) is 9.80. The molecular formula is C11H22N2O2. The lowest BCUT2D eigenvalue weighted by atomic mass is 10.3. The van der Waals surface area contributed by atoms with Crippen LogP contribution in [0.15, 0.2) is 0 Å². The molecule has 0 aliphatic rings. The summed E-state index contributed by atoms with van der Waals surface area (Å²) in [5.41, 5.74) is 0. The molecule has 0 aliphatic carbocycles. The molecule has 0 unspecified atom stereocenters. The third-order valence-electron chi connectivity index (χ3n) is 2.12. The molecule has 0 saturated carbocycles. The average molecular weight is 214 g/mol. The molecule has 0 radical (unpaired) electrons. The summed E-state index contributed by atoms with van der Waals surface area (Å²) in [5, 5.41) is 2.79. The fraction of sp³-hybridized carbons (Fsp3) is 0.818. The van der Waals surface area contributed by atoms with E-state index in [2.05, 4.69) is 5.32 Å². The van der Waals surface area contributed by atoms with Crippen LogP contribution in [0.4, 0.5) is 0 Å². The van der Waals surface area contributed by atoms with Gasteiger partial charge in [-0.25, -0.2) is 0 Å². The maximum Gasteiger partial charge on any atom is 0.221 e. The van der Waals surface area contributed by atoms with Crippen LogP contribution in [0, 0.1) is 0 Å². The minimum atomic E-state index is 0.0270. The quantitative estimate of drug-likeness (QED) is 0.691. The van der Waals surface area contributed by atoms with Crippen LogP contribution < -0.4 is 5.32 Å². The number of carbonyl (C=O) groups excluding carboxylic acids is 2. The molecule has 0 aromatic heterocycles. The predicted octanol–water partition coefficient (Wildman–Crippen LogP) is 1.16. The van der Waals surface area contributed by atoms with Gasteiger partial charge >= 0.3 is 0 Å². The molecule has 1 N–H and O–H groups in total. The number of hydrogen-bond donors (Lipinski definition) is 1. The van der Waals surface area contributed by atoms with Crippen LogP contribution in [0.2, 0.25) is 0 Å². The zero-order valence-corrected chi connectivity index (χ0v) is 10.0. The third kappa shape index (κ3) is 6.94. The highest BCUT2D eigenvalue weighted by atomic mass is 16.2. The smallest absolute Gasteiger partial charge is 0.221 e.